The number of benzene rings is 1. The Morgan fingerprint density at radius 1 is 1.38 bits per heavy atom. The summed E-state index contributed by atoms with van der Waals surface area (Å²) in [4.78, 5) is 19.1. The van der Waals surface area contributed by atoms with Crippen LogP contribution in [0.25, 0.3) is 0 Å². The molecule has 1 aliphatic heterocycles. The van der Waals surface area contributed by atoms with Crippen molar-refractivity contribution < 1.29 is 9.84 Å². The number of hydrogen-bond donors (Lipinski definition) is 2. The van der Waals surface area contributed by atoms with E-state index in [9.17, 15) is 9.90 Å². The highest BCUT2D eigenvalue weighted by Gasteiger charge is 2.25. The van der Waals surface area contributed by atoms with E-state index in [4.69, 9.17) is 4.74 Å². The van der Waals surface area contributed by atoms with E-state index < -0.39 is 0 Å². The maximum absolute atomic E-state index is 12.1. The summed E-state index contributed by atoms with van der Waals surface area (Å²) in [5.41, 5.74) is 1.14. The third kappa shape index (κ3) is 2.51. The highest BCUT2D eigenvalue weighted by atomic mass is 16.5. The molecule has 2 N–H and O–H groups in total. The molecule has 0 saturated carbocycles. The first-order valence-electron chi connectivity index (χ1n) is 7.10. The number of hydrogen-bond acceptors (Lipinski definition) is 4. The molecule has 0 aliphatic carbocycles. The fourth-order valence-electron chi connectivity index (χ4n) is 2.70. The minimum atomic E-state index is -0.272. The molecule has 0 amide bonds. The summed E-state index contributed by atoms with van der Waals surface area (Å²) in [6, 6.07) is 7.83. The average molecular weight is 286 g/mol. The molecule has 2 aromatic rings. The Balaban J connectivity index is 1.94. The number of nitrogens with one attached hydrogen (secondary N) is 1. The SMILES string of the molecule is CC(C)c1c(O)nc(C2COc3ccccc3C2)[nH]c1=O. The molecular weight excluding hydrogens is 268 g/mol. The van der Waals surface area contributed by atoms with E-state index in [-0.39, 0.29) is 23.3 Å². The zero-order chi connectivity index (χ0) is 15.0. The van der Waals surface area contributed by atoms with Crippen molar-refractivity contribution in [3.63, 3.8) is 0 Å². The van der Waals surface area contributed by atoms with Gasteiger partial charge in [0.2, 0.25) is 5.88 Å². The standard InChI is InChI=1S/C16H18N2O3/c1-9(2)13-15(19)17-14(18-16(13)20)11-7-10-5-3-4-6-12(10)21-8-11/h3-6,9,11H,7-8H2,1-2H3,(H2,17,18,19,20). The predicted molar refractivity (Wildman–Crippen MR) is 79.0 cm³/mol. The molecule has 110 valence electrons. The van der Waals surface area contributed by atoms with Crippen LogP contribution in [0.15, 0.2) is 29.1 Å². The number of fused-ring (bicyclic) bond motifs is 1. The summed E-state index contributed by atoms with van der Waals surface area (Å²) < 4.78 is 5.70. The van der Waals surface area contributed by atoms with Gasteiger partial charge in [-0.2, -0.15) is 4.98 Å². The first kappa shape index (κ1) is 13.7. The Labute approximate surface area is 122 Å². The van der Waals surface area contributed by atoms with E-state index >= 15 is 0 Å². The molecule has 0 saturated heterocycles. The van der Waals surface area contributed by atoms with Crippen LogP contribution >= 0.6 is 0 Å². The lowest BCUT2D eigenvalue weighted by Crippen LogP contribution is -2.25. The van der Waals surface area contributed by atoms with Crippen LogP contribution in [0.1, 0.15) is 42.6 Å². The van der Waals surface area contributed by atoms with Crippen LogP contribution in [0.4, 0.5) is 0 Å². The van der Waals surface area contributed by atoms with E-state index in [2.05, 4.69) is 9.97 Å². The summed E-state index contributed by atoms with van der Waals surface area (Å²) in [5.74, 6) is 1.05. The number of ether oxygens (including phenoxy) is 1. The largest absolute Gasteiger partial charge is 0.493 e. The summed E-state index contributed by atoms with van der Waals surface area (Å²) in [6.07, 6.45) is 0.736. The zero-order valence-corrected chi connectivity index (χ0v) is 12.1. The average Bonchev–Trinajstić information content (AvgIpc) is 2.45. The Kier molecular flexibility index (Phi) is 3.41. The van der Waals surface area contributed by atoms with Gasteiger partial charge in [0, 0.05) is 0 Å². The molecule has 1 atom stereocenters. The van der Waals surface area contributed by atoms with Crippen LogP contribution in [0.5, 0.6) is 11.6 Å². The van der Waals surface area contributed by atoms with Gasteiger partial charge in [-0.25, -0.2) is 0 Å². The Morgan fingerprint density at radius 3 is 2.86 bits per heavy atom. The van der Waals surface area contributed by atoms with Crippen molar-refractivity contribution in [2.45, 2.75) is 32.1 Å². The molecule has 21 heavy (non-hydrogen) atoms. The first-order valence-corrected chi connectivity index (χ1v) is 7.10. The van der Waals surface area contributed by atoms with E-state index in [0.717, 1.165) is 17.7 Å². The number of aromatic hydroxyl groups is 1. The van der Waals surface area contributed by atoms with Gasteiger partial charge < -0.3 is 14.8 Å². The molecule has 5 nitrogen and oxygen atoms in total. The van der Waals surface area contributed by atoms with Crippen molar-refractivity contribution in [1.82, 2.24) is 9.97 Å². The Morgan fingerprint density at radius 2 is 2.14 bits per heavy atom. The lowest BCUT2D eigenvalue weighted by Gasteiger charge is -2.24. The van der Waals surface area contributed by atoms with Crippen molar-refractivity contribution in [1.29, 1.82) is 0 Å². The zero-order valence-electron chi connectivity index (χ0n) is 12.1. The molecule has 0 spiro atoms. The lowest BCUT2D eigenvalue weighted by atomic mass is 9.96. The van der Waals surface area contributed by atoms with Gasteiger partial charge in [-0.05, 0) is 24.0 Å². The number of nitrogens with zero attached hydrogens (tertiary/aromatic N) is 1. The van der Waals surface area contributed by atoms with Crippen LogP contribution in [0, 0.1) is 0 Å². The van der Waals surface area contributed by atoms with Crippen molar-refractivity contribution in [2.24, 2.45) is 0 Å². The predicted octanol–water partition coefficient (Wildman–Crippen LogP) is 2.32. The van der Waals surface area contributed by atoms with Gasteiger partial charge in [-0.3, -0.25) is 4.79 Å². The lowest BCUT2D eigenvalue weighted by molar-refractivity contribution is 0.256. The third-order valence-electron chi connectivity index (χ3n) is 3.80. The molecule has 3 rings (SSSR count). The molecule has 0 fully saturated rings. The van der Waals surface area contributed by atoms with E-state index in [1.807, 2.05) is 38.1 Å². The molecule has 1 unspecified atom stereocenters. The number of aromatic amines is 1. The second-order valence-electron chi connectivity index (χ2n) is 5.66. The number of para-hydroxylation sites is 1. The fraction of sp³-hybridized carbons (Fsp3) is 0.375. The summed E-state index contributed by atoms with van der Waals surface area (Å²) in [7, 11) is 0. The second kappa shape index (κ2) is 5.24. The minimum Gasteiger partial charge on any atom is -0.493 e. The first-order chi connectivity index (χ1) is 10.1. The fourth-order valence-corrected chi connectivity index (χ4v) is 2.70. The van der Waals surface area contributed by atoms with Crippen molar-refractivity contribution in [3.8, 4) is 11.6 Å². The molecule has 2 heterocycles. The smallest absolute Gasteiger partial charge is 0.258 e. The molecule has 0 radical (unpaired) electrons. The van der Waals surface area contributed by atoms with Crippen molar-refractivity contribution in [3.05, 3.63) is 51.6 Å². The van der Waals surface area contributed by atoms with Gasteiger partial charge >= 0.3 is 0 Å². The van der Waals surface area contributed by atoms with Gasteiger partial charge in [0.1, 0.15) is 11.6 Å². The van der Waals surface area contributed by atoms with Gasteiger partial charge in [0.15, 0.2) is 0 Å². The van der Waals surface area contributed by atoms with Gasteiger partial charge in [-0.1, -0.05) is 32.0 Å². The summed E-state index contributed by atoms with van der Waals surface area (Å²) >= 11 is 0. The quantitative estimate of drug-likeness (QED) is 0.888. The van der Waals surface area contributed by atoms with Crippen molar-refractivity contribution in [2.75, 3.05) is 6.61 Å². The van der Waals surface area contributed by atoms with Crippen LogP contribution in [-0.2, 0) is 6.42 Å². The van der Waals surface area contributed by atoms with E-state index in [0.29, 0.717) is 18.0 Å². The van der Waals surface area contributed by atoms with E-state index in [1.165, 1.54) is 0 Å². The van der Waals surface area contributed by atoms with Crippen LogP contribution in [-0.4, -0.2) is 21.7 Å². The van der Waals surface area contributed by atoms with Gasteiger partial charge in [0.05, 0.1) is 18.1 Å². The number of aromatic nitrogens is 2. The van der Waals surface area contributed by atoms with E-state index in [1.54, 1.807) is 0 Å². The highest BCUT2D eigenvalue weighted by Crippen LogP contribution is 2.31. The number of rotatable bonds is 2. The van der Waals surface area contributed by atoms with Crippen LogP contribution in [0.3, 0.4) is 0 Å². The van der Waals surface area contributed by atoms with Gasteiger partial charge in [0.25, 0.3) is 5.56 Å². The topological polar surface area (TPSA) is 75.2 Å². The maximum Gasteiger partial charge on any atom is 0.258 e. The molecule has 1 aliphatic rings. The summed E-state index contributed by atoms with van der Waals surface area (Å²) in [5, 5.41) is 10.00. The van der Waals surface area contributed by atoms with Gasteiger partial charge in [-0.15, -0.1) is 0 Å². The molecule has 0 bridgehead atoms. The molecule has 1 aromatic heterocycles. The Bertz CT molecular complexity index is 722. The van der Waals surface area contributed by atoms with Crippen molar-refractivity contribution >= 4 is 0 Å². The molecular formula is C16H18N2O3. The summed E-state index contributed by atoms with van der Waals surface area (Å²) in [6.45, 7) is 4.15. The third-order valence-corrected chi connectivity index (χ3v) is 3.80. The number of H-pyrrole nitrogens is 1. The monoisotopic (exact) mass is 286 g/mol. The Hall–Kier alpha value is -2.30. The van der Waals surface area contributed by atoms with Crippen LogP contribution in [0.2, 0.25) is 0 Å². The normalized spacial score (nSPS) is 17.4. The second-order valence-corrected chi connectivity index (χ2v) is 5.66. The van der Waals surface area contributed by atoms with Crippen LogP contribution < -0.4 is 10.3 Å². The highest BCUT2D eigenvalue weighted by molar-refractivity contribution is 5.37. The minimum absolute atomic E-state index is 0.0558. The molecule has 5 heteroatoms. The molecule has 1 aromatic carbocycles. The maximum atomic E-state index is 12.1.